The van der Waals surface area contributed by atoms with Gasteiger partial charge >= 0.3 is 5.97 Å². The van der Waals surface area contributed by atoms with E-state index in [0.717, 1.165) is 30.6 Å². The van der Waals surface area contributed by atoms with Crippen LogP contribution in [-0.2, 0) is 26.1 Å². The molecule has 0 spiro atoms. The average molecular weight is 533 g/mol. The number of piperidine rings is 1. The van der Waals surface area contributed by atoms with Gasteiger partial charge in [-0.15, -0.1) is 0 Å². The van der Waals surface area contributed by atoms with Crippen molar-refractivity contribution in [3.8, 4) is 0 Å². The summed E-state index contributed by atoms with van der Waals surface area (Å²) in [5.74, 6) is -1.19. The molecule has 2 aromatic carbocycles. The molecule has 0 N–H and O–H groups in total. The first kappa shape index (κ1) is 25.7. The van der Waals surface area contributed by atoms with E-state index in [0.29, 0.717) is 23.3 Å². The SMILES string of the molecule is CCOC(=O)Cn1c(=NC(=O)c2ccc(S(=O)(=O)N3CCCCC3)cc2)sc2cc([N+](=O)[O-])ccc21. The molecule has 0 unspecified atom stereocenters. The highest BCUT2D eigenvalue weighted by atomic mass is 32.2. The Kier molecular flexibility index (Phi) is 7.62. The number of thiazole rings is 1. The monoisotopic (exact) mass is 532 g/mol. The fourth-order valence-corrected chi connectivity index (χ4v) is 6.50. The van der Waals surface area contributed by atoms with E-state index in [2.05, 4.69) is 4.99 Å². The highest BCUT2D eigenvalue weighted by Crippen LogP contribution is 2.24. The van der Waals surface area contributed by atoms with Crippen molar-refractivity contribution in [2.24, 2.45) is 4.99 Å². The van der Waals surface area contributed by atoms with Crippen LogP contribution in [0.3, 0.4) is 0 Å². The number of ether oxygens (including phenoxy) is 1. The minimum atomic E-state index is -3.63. The second kappa shape index (κ2) is 10.7. The molecule has 0 bridgehead atoms. The number of non-ortho nitro benzene ring substituents is 1. The highest BCUT2D eigenvalue weighted by Gasteiger charge is 2.26. The smallest absolute Gasteiger partial charge is 0.326 e. The van der Waals surface area contributed by atoms with E-state index in [9.17, 15) is 28.1 Å². The van der Waals surface area contributed by atoms with Gasteiger partial charge in [-0.1, -0.05) is 17.8 Å². The maximum absolute atomic E-state index is 12.9. The molecule has 0 saturated carbocycles. The Hall–Kier alpha value is -3.42. The third kappa shape index (κ3) is 5.37. The molecule has 2 heterocycles. The van der Waals surface area contributed by atoms with Crippen molar-refractivity contribution >= 4 is 49.1 Å². The summed E-state index contributed by atoms with van der Waals surface area (Å²) in [4.78, 5) is 40.1. The van der Waals surface area contributed by atoms with Crippen molar-refractivity contribution in [1.29, 1.82) is 0 Å². The lowest BCUT2D eigenvalue weighted by Crippen LogP contribution is -2.35. The normalized spacial score (nSPS) is 15.2. The van der Waals surface area contributed by atoms with Crippen LogP contribution < -0.4 is 4.80 Å². The van der Waals surface area contributed by atoms with Gasteiger partial charge < -0.3 is 9.30 Å². The summed E-state index contributed by atoms with van der Waals surface area (Å²) < 4.78 is 34.1. The van der Waals surface area contributed by atoms with E-state index in [4.69, 9.17) is 4.74 Å². The van der Waals surface area contributed by atoms with Crippen LogP contribution in [0, 0.1) is 10.1 Å². The van der Waals surface area contributed by atoms with E-state index >= 15 is 0 Å². The lowest BCUT2D eigenvalue weighted by Gasteiger charge is -2.25. The standard InChI is InChI=1S/C23H24N4O7S2/c1-2-34-21(28)15-26-19-11-8-17(27(30)31)14-20(19)35-23(26)24-22(29)16-6-9-18(10-7-16)36(32,33)25-12-4-3-5-13-25/h6-11,14H,2-5,12-13,15H2,1H3. The first-order chi connectivity index (χ1) is 17.2. The van der Waals surface area contributed by atoms with Gasteiger partial charge in [0.1, 0.15) is 6.54 Å². The number of sulfonamides is 1. The Balaban J connectivity index is 1.68. The Labute approximate surface area is 210 Å². The van der Waals surface area contributed by atoms with Gasteiger partial charge in [-0.2, -0.15) is 9.30 Å². The summed E-state index contributed by atoms with van der Waals surface area (Å²) in [6.45, 7) is 2.56. The van der Waals surface area contributed by atoms with Gasteiger partial charge in [0.05, 0.1) is 26.6 Å². The quantitative estimate of drug-likeness (QED) is 0.259. The number of hydrogen-bond acceptors (Lipinski definition) is 8. The van der Waals surface area contributed by atoms with E-state index in [1.54, 1.807) is 6.92 Å². The number of benzene rings is 2. The zero-order chi connectivity index (χ0) is 25.9. The fraction of sp³-hybridized carbons (Fsp3) is 0.348. The fourth-order valence-electron chi connectivity index (χ4n) is 3.92. The van der Waals surface area contributed by atoms with Gasteiger partial charge in [0, 0.05) is 30.8 Å². The van der Waals surface area contributed by atoms with Crippen LogP contribution in [0.15, 0.2) is 52.4 Å². The molecule has 0 radical (unpaired) electrons. The maximum Gasteiger partial charge on any atom is 0.326 e. The topological polar surface area (TPSA) is 141 Å². The molecular formula is C23H24N4O7S2. The van der Waals surface area contributed by atoms with Crippen molar-refractivity contribution < 1.29 is 27.7 Å². The Morgan fingerprint density at radius 3 is 2.44 bits per heavy atom. The predicted molar refractivity (Wildman–Crippen MR) is 132 cm³/mol. The number of esters is 1. The molecule has 190 valence electrons. The van der Waals surface area contributed by atoms with Crippen LogP contribution in [0.25, 0.3) is 10.2 Å². The van der Waals surface area contributed by atoms with E-state index in [-0.39, 0.29) is 34.1 Å². The number of nitrogens with zero attached hydrogens (tertiary/aromatic N) is 4. The maximum atomic E-state index is 12.9. The number of carbonyl (C=O) groups is 2. The molecular weight excluding hydrogens is 508 g/mol. The van der Waals surface area contributed by atoms with Crippen LogP contribution >= 0.6 is 11.3 Å². The van der Waals surface area contributed by atoms with Crippen LogP contribution in [0.5, 0.6) is 0 Å². The van der Waals surface area contributed by atoms with Crippen molar-refractivity contribution in [3.63, 3.8) is 0 Å². The van der Waals surface area contributed by atoms with Gasteiger partial charge in [0.2, 0.25) is 10.0 Å². The summed E-state index contributed by atoms with van der Waals surface area (Å²) in [7, 11) is -3.63. The summed E-state index contributed by atoms with van der Waals surface area (Å²) in [5.41, 5.74) is 0.530. The second-order valence-electron chi connectivity index (χ2n) is 8.09. The average Bonchev–Trinajstić information content (AvgIpc) is 3.20. The summed E-state index contributed by atoms with van der Waals surface area (Å²) in [5, 5.41) is 11.2. The third-order valence-corrected chi connectivity index (χ3v) is 8.67. The molecule has 1 saturated heterocycles. The lowest BCUT2D eigenvalue weighted by atomic mass is 10.2. The first-order valence-corrected chi connectivity index (χ1v) is 13.6. The number of amides is 1. The number of hydrogen-bond donors (Lipinski definition) is 0. The van der Waals surface area contributed by atoms with Crippen molar-refractivity contribution in [2.45, 2.75) is 37.6 Å². The largest absolute Gasteiger partial charge is 0.465 e. The van der Waals surface area contributed by atoms with Gasteiger partial charge in [0.15, 0.2) is 4.80 Å². The van der Waals surface area contributed by atoms with Crippen molar-refractivity contribution in [3.05, 3.63) is 62.9 Å². The van der Waals surface area contributed by atoms with Crippen LogP contribution in [0.1, 0.15) is 36.5 Å². The third-order valence-electron chi connectivity index (χ3n) is 5.72. The Morgan fingerprint density at radius 1 is 1.11 bits per heavy atom. The molecule has 1 aliphatic heterocycles. The molecule has 1 aromatic heterocycles. The van der Waals surface area contributed by atoms with Gasteiger partial charge in [0.25, 0.3) is 11.6 Å². The number of fused-ring (bicyclic) bond motifs is 1. The highest BCUT2D eigenvalue weighted by molar-refractivity contribution is 7.89. The lowest BCUT2D eigenvalue weighted by molar-refractivity contribution is -0.384. The molecule has 1 amide bonds. The van der Waals surface area contributed by atoms with Crippen molar-refractivity contribution in [2.75, 3.05) is 19.7 Å². The molecule has 1 fully saturated rings. The molecule has 3 aromatic rings. The first-order valence-electron chi connectivity index (χ1n) is 11.3. The van der Waals surface area contributed by atoms with Crippen LogP contribution in [0.2, 0.25) is 0 Å². The number of nitro groups is 1. The molecule has 4 rings (SSSR count). The number of carbonyl (C=O) groups excluding carboxylic acids is 2. The number of rotatable bonds is 7. The van der Waals surface area contributed by atoms with E-state index in [1.807, 2.05) is 0 Å². The molecule has 1 aliphatic rings. The van der Waals surface area contributed by atoms with Crippen LogP contribution in [0.4, 0.5) is 5.69 Å². The summed E-state index contributed by atoms with van der Waals surface area (Å²) in [6, 6.07) is 9.72. The van der Waals surface area contributed by atoms with E-state index < -0.39 is 26.8 Å². The molecule has 11 nitrogen and oxygen atoms in total. The molecule has 13 heteroatoms. The summed E-state index contributed by atoms with van der Waals surface area (Å²) in [6.07, 6.45) is 2.64. The molecule has 0 aliphatic carbocycles. The van der Waals surface area contributed by atoms with Gasteiger partial charge in [-0.3, -0.25) is 19.7 Å². The molecule has 36 heavy (non-hydrogen) atoms. The minimum absolute atomic E-state index is 0.104. The Bertz CT molecular complexity index is 1480. The zero-order valence-electron chi connectivity index (χ0n) is 19.5. The van der Waals surface area contributed by atoms with Gasteiger partial charge in [-0.05, 0) is 50.1 Å². The van der Waals surface area contributed by atoms with E-state index in [1.165, 1.54) is 51.3 Å². The number of aromatic nitrogens is 1. The van der Waals surface area contributed by atoms with Gasteiger partial charge in [-0.25, -0.2) is 8.42 Å². The van der Waals surface area contributed by atoms with Crippen LogP contribution in [-0.4, -0.2) is 53.8 Å². The predicted octanol–water partition coefficient (Wildman–Crippen LogP) is 3.09. The Morgan fingerprint density at radius 2 is 1.81 bits per heavy atom. The minimum Gasteiger partial charge on any atom is -0.465 e. The second-order valence-corrected chi connectivity index (χ2v) is 11.0. The zero-order valence-corrected chi connectivity index (χ0v) is 21.1. The molecule has 0 atom stereocenters. The van der Waals surface area contributed by atoms with Crippen molar-refractivity contribution in [1.82, 2.24) is 8.87 Å². The number of nitro benzene ring substituents is 1. The summed E-state index contributed by atoms with van der Waals surface area (Å²) >= 11 is 1.03.